The highest BCUT2D eigenvalue weighted by Crippen LogP contribution is 2.32. The van der Waals surface area contributed by atoms with Crippen LogP contribution in [0.25, 0.3) is 0 Å². The standard InChI is InChI=1S/C16H23NO2/c1-16(7-3-2-4-8-16)17-12-13-5-6-14-15(11-13)19-10-9-18-14/h5-6,11,17H,2-4,7-10,12H2,1H3. The molecule has 1 aliphatic heterocycles. The van der Waals surface area contributed by atoms with Gasteiger partial charge in [0.25, 0.3) is 0 Å². The quantitative estimate of drug-likeness (QED) is 0.906. The van der Waals surface area contributed by atoms with Gasteiger partial charge in [-0.3, -0.25) is 0 Å². The van der Waals surface area contributed by atoms with E-state index in [2.05, 4.69) is 24.4 Å². The van der Waals surface area contributed by atoms with Gasteiger partial charge in [0.2, 0.25) is 0 Å². The van der Waals surface area contributed by atoms with Crippen LogP contribution in [0, 0.1) is 0 Å². The third-order valence-electron chi connectivity index (χ3n) is 4.28. The van der Waals surface area contributed by atoms with Gasteiger partial charge in [-0.2, -0.15) is 0 Å². The van der Waals surface area contributed by atoms with Crippen LogP contribution in [-0.4, -0.2) is 18.8 Å². The molecule has 1 aromatic carbocycles. The molecule has 1 aliphatic carbocycles. The van der Waals surface area contributed by atoms with Gasteiger partial charge in [0, 0.05) is 12.1 Å². The number of nitrogens with one attached hydrogen (secondary N) is 1. The molecule has 0 spiro atoms. The molecule has 1 fully saturated rings. The third-order valence-corrected chi connectivity index (χ3v) is 4.28. The van der Waals surface area contributed by atoms with Crippen molar-refractivity contribution in [3.8, 4) is 11.5 Å². The molecule has 0 atom stereocenters. The first-order chi connectivity index (χ1) is 9.25. The summed E-state index contributed by atoms with van der Waals surface area (Å²) in [6, 6.07) is 6.26. The number of benzene rings is 1. The molecule has 0 amide bonds. The molecule has 0 radical (unpaired) electrons. The van der Waals surface area contributed by atoms with E-state index in [0.717, 1.165) is 18.0 Å². The zero-order chi connectivity index (χ0) is 13.1. The summed E-state index contributed by atoms with van der Waals surface area (Å²) in [5.74, 6) is 1.76. The number of rotatable bonds is 3. The second kappa shape index (κ2) is 5.41. The molecule has 3 rings (SSSR count). The molecule has 3 nitrogen and oxygen atoms in total. The minimum absolute atomic E-state index is 0.311. The highest BCUT2D eigenvalue weighted by molar-refractivity contribution is 5.43. The Morgan fingerprint density at radius 1 is 1.05 bits per heavy atom. The van der Waals surface area contributed by atoms with Gasteiger partial charge < -0.3 is 14.8 Å². The van der Waals surface area contributed by atoms with Crippen molar-refractivity contribution in [2.75, 3.05) is 13.2 Å². The van der Waals surface area contributed by atoms with E-state index in [1.165, 1.54) is 37.7 Å². The second-order valence-corrected chi connectivity index (χ2v) is 5.95. The predicted octanol–water partition coefficient (Wildman–Crippen LogP) is 3.27. The summed E-state index contributed by atoms with van der Waals surface area (Å²) in [5, 5.41) is 3.72. The summed E-state index contributed by atoms with van der Waals surface area (Å²) in [6.07, 6.45) is 6.67. The molecule has 0 aromatic heterocycles. The average molecular weight is 261 g/mol. The van der Waals surface area contributed by atoms with Gasteiger partial charge in [0.05, 0.1) is 0 Å². The van der Waals surface area contributed by atoms with Crippen LogP contribution < -0.4 is 14.8 Å². The van der Waals surface area contributed by atoms with E-state index in [1.807, 2.05) is 6.07 Å². The van der Waals surface area contributed by atoms with Crippen LogP contribution in [0.2, 0.25) is 0 Å². The van der Waals surface area contributed by atoms with E-state index in [9.17, 15) is 0 Å². The molecule has 104 valence electrons. The maximum atomic E-state index is 5.63. The number of hydrogen-bond acceptors (Lipinski definition) is 3. The molecular weight excluding hydrogens is 238 g/mol. The Morgan fingerprint density at radius 2 is 1.79 bits per heavy atom. The largest absolute Gasteiger partial charge is 0.486 e. The summed E-state index contributed by atoms with van der Waals surface area (Å²) in [7, 11) is 0. The van der Waals surface area contributed by atoms with Gasteiger partial charge in [-0.25, -0.2) is 0 Å². The lowest BCUT2D eigenvalue weighted by Gasteiger charge is -2.35. The molecule has 1 aromatic rings. The fourth-order valence-corrected chi connectivity index (χ4v) is 3.02. The maximum Gasteiger partial charge on any atom is 0.161 e. The van der Waals surface area contributed by atoms with E-state index in [-0.39, 0.29) is 0 Å². The van der Waals surface area contributed by atoms with Crippen molar-refractivity contribution in [3.63, 3.8) is 0 Å². The summed E-state index contributed by atoms with van der Waals surface area (Å²) < 4.78 is 11.2. The van der Waals surface area contributed by atoms with E-state index < -0.39 is 0 Å². The van der Waals surface area contributed by atoms with Crippen LogP contribution in [0.4, 0.5) is 0 Å². The van der Waals surface area contributed by atoms with Crippen molar-refractivity contribution in [3.05, 3.63) is 23.8 Å². The highest BCUT2D eigenvalue weighted by Gasteiger charge is 2.25. The van der Waals surface area contributed by atoms with Crippen molar-refractivity contribution in [1.82, 2.24) is 5.32 Å². The lowest BCUT2D eigenvalue weighted by molar-refractivity contribution is 0.171. The van der Waals surface area contributed by atoms with Gasteiger partial charge in [-0.05, 0) is 37.5 Å². The molecule has 1 N–H and O–H groups in total. The van der Waals surface area contributed by atoms with E-state index in [4.69, 9.17) is 9.47 Å². The summed E-state index contributed by atoms with van der Waals surface area (Å²) in [6.45, 7) is 4.57. The summed E-state index contributed by atoms with van der Waals surface area (Å²) in [5.41, 5.74) is 1.59. The Bertz CT molecular complexity index is 438. The third kappa shape index (κ3) is 3.03. The molecule has 1 saturated carbocycles. The van der Waals surface area contributed by atoms with Gasteiger partial charge in [-0.15, -0.1) is 0 Å². The van der Waals surface area contributed by atoms with Crippen LogP contribution in [0.3, 0.4) is 0 Å². The minimum atomic E-state index is 0.311. The molecule has 19 heavy (non-hydrogen) atoms. The zero-order valence-corrected chi connectivity index (χ0v) is 11.7. The summed E-state index contributed by atoms with van der Waals surface area (Å²) in [4.78, 5) is 0. The Kier molecular flexibility index (Phi) is 3.65. The van der Waals surface area contributed by atoms with Gasteiger partial charge in [0.15, 0.2) is 11.5 Å². The molecule has 1 heterocycles. The smallest absolute Gasteiger partial charge is 0.161 e. The Hall–Kier alpha value is -1.22. The summed E-state index contributed by atoms with van der Waals surface area (Å²) >= 11 is 0. The van der Waals surface area contributed by atoms with Crippen molar-refractivity contribution in [2.24, 2.45) is 0 Å². The van der Waals surface area contributed by atoms with Crippen molar-refractivity contribution < 1.29 is 9.47 Å². The Labute approximate surface area is 115 Å². The number of hydrogen-bond donors (Lipinski definition) is 1. The zero-order valence-electron chi connectivity index (χ0n) is 11.7. The van der Waals surface area contributed by atoms with Crippen molar-refractivity contribution >= 4 is 0 Å². The topological polar surface area (TPSA) is 30.5 Å². The van der Waals surface area contributed by atoms with Crippen LogP contribution in [0.5, 0.6) is 11.5 Å². The minimum Gasteiger partial charge on any atom is -0.486 e. The van der Waals surface area contributed by atoms with E-state index >= 15 is 0 Å². The van der Waals surface area contributed by atoms with Crippen LogP contribution >= 0.6 is 0 Å². The van der Waals surface area contributed by atoms with Crippen LogP contribution in [-0.2, 0) is 6.54 Å². The van der Waals surface area contributed by atoms with Crippen LogP contribution in [0.1, 0.15) is 44.6 Å². The van der Waals surface area contributed by atoms with Gasteiger partial charge in [0.1, 0.15) is 13.2 Å². The van der Waals surface area contributed by atoms with E-state index in [1.54, 1.807) is 0 Å². The Morgan fingerprint density at radius 3 is 2.58 bits per heavy atom. The first kappa shape index (κ1) is 12.8. The fraction of sp³-hybridized carbons (Fsp3) is 0.625. The normalized spacial score (nSPS) is 21.1. The van der Waals surface area contributed by atoms with Crippen molar-refractivity contribution in [1.29, 1.82) is 0 Å². The van der Waals surface area contributed by atoms with Crippen LogP contribution in [0.15, 0.2) is 18.2 Å². The average Bonchev–Trinajstić information content (AvgIpc) is 2.46. The second-order valence-electron chi connectivity index (χ2n) is 5.95. The fourth-order valence-electron chi connectivity index (χ4n) is 3.02. The molecule has 3 heteroatoms. The molecule has 0 unspecified atom stereocenters. The monoisotopic (exact) mass is 261 g/mol. The first-order valence-corrected chi connectivity index (χ1v) is 7.39. The number of fused-ring (bicyclic) bond motifs is 1. The lowest BCUT2D eigenvalue weighted by atomic mass is 9.83. The van der Waals surface area contributed by atoms with Gasteiger partial charge >= 0.3 is 0 Å². The molecule has 0 bridgehead atoms. The molecule has 0 saturated heterocycles. The molecular formula is C16H23NO2. The molecule has 2 aliphatic rings. The predicted molar refractivity (Wildman–Crippen MR) is 75.8 cm³/mol. The highest BCUT2D eigenvalue weighted by atomic mass is 16.6. The Balaban J connectivity index is 1.63. The van der Waals surface area contributed by atoms with E-state index in [0.29, 0.717) is 18.8 Å². The maximum absolute atomic E-state index is 5.63. The number of ether oxygens (including phenoxy) is 2. The SMILES string of the molecule is CC1(NCc2ccc3c(c2)OCCO3)CCCCC1. The van der Waals surface area contributed by atoms with Gasteiger partial charge in [-0.1, -0.05) is 25.3 Å². The first-order valence-electron chi connectivity index (χ1n) is 7.39. The lowest BCUT2D eigenvalue weighted by Crippen LogP contribution is -2.43. The van der Waals surface area contributed by atoms with Crippen molar-refractivity contribution in [2.45, 2.75) is 51.1 Å².